The van der Waals surface area contributed by atoms with Crippen molar-refractivity contribution in [3.05, 3.63) is 50.6 Å². The summed E-state index contributed by atoms with van der Waals surface area (Å²) in [6, 6.07) is 3.29. The maximum absolute atomic E-state index is 13.1. The minimum atomic E-state index is -4.72. The lowest BCUT2D eigenvalue weighted by molar-refractivity contribution is -0.139. The maximum Gasteiger partial charge on any atom is 0.416 e. The molecule has 0 spiro atoms. The summed E-state index contributed by atoms with van der Waals surface area (Å²) in [6.45, 7) is 0. The van der Waals surface area contributed by atoms with E-state index in [1.54, 1.807) is 0 Å². The Kier molecular flexibility index (Phi) is 5.08. The van der Waals surface area contributed by atoms with E-state index in [4.69, 9.17) is 39.9 Å². The highest BCUT2D eigenvalue weighted by atomic mass is 35.5. The highest BCUT2D eigenvalue weighted by molar-refractivity contribution is 6.48. The second-order valence-corrected chi connectivity index (χ2v) is 5.70. The third kappa shape index (κ3) is 3.88. The van der Waals surface area contributed by atoms with Crippen LogP contribution in [0.15, 0.2) is 24.4 Å². The average molecular weight is 385 g/mol. The molecule has 0 saturated carbocycles. The van der Waals surface area contributed by atoms with Gasteiger partial charge in [0.1, 0.15) is 0 Å². The van der Waals surface area contributed by atoms with Crippen molar-refractivity contribution in [1.29, 1.82) is 0 Å². The molecule has 0 aliphatic heterocycles. The van der Waals surface area contributed by atoms with Gasteiger partial charge in [-0.1, -0.05) is 34.8 Å². The molecule has 2 rings (SSSR count). The Morgan fingerprint density at radius 3 is 2.22 bits per heavy atom. The molecule has 0 unspecified atom stereocenters. The van der Waals surface area contributed by atoms with E-state index in [-0.39, 0.29) is 26.3 Å². The number of pyridine rings is 1. The van der Waals surface area contributed by atoms with Crippen molar-refractivity contribution in [2.45, 2.75) is 12.6 Å². The number of benzene rings is 1. The molecule has 1 aromatic heterocycles. The molecule has 122 valence electrons. The van der Waals surface area contributed by atoms with E-state index >= 15 is 0 Å². The molecule has 1 aromatic carbocycles. The summed E-state index contributed by atoms with van der Waals surface area (Å²) in [5.41, 5.74) is -1.57. The van der Waals surface area contributed by atoms with E-state index in [2.05, 4.69) is 4.98 Å². The standard InChI is InChI=1S/C14H7Cl3F3NO2/c15-9-3-6(4-10(16)12(9)17)13-7(5-11(22)23)8(1-2-21-13)14(18,19)20/h1-4H,5H2,(H,22,23). The smallest absolute Gasteiger partial charge is 0.416 e. The van der Waals surface area contributed by atoms with E-state index < -0.39 is 29.7 Å². The molecule has 0 radical (unpaired) electrons. The number of nitrogens with zero attached hydrogens (tertiary/aromatic N) is 1. The Hall–Kier alpha value is -1.50. The highest BCUT2D eigenvalue weighted by Gasteiger charge is 2.35. The Morgan fingerprint density at radius 2 is 1.74 bits per heavy atom. The van der Waals surface area contributed by atoms with E-state index in [0.29, 0.717) is 0 Å². The van der Waals surface area contributed by atoms with E-state index in [1.165, 1.54) is 12.1 Å². The highest BCUT2D eigenvalue weighted by Crippen LogP contribution is 2.39. The molecule has 0 aliphatic rings. The molecule has 0 aliphatic carbocycles. The molecule has 0 saturated heterocycles. The van der Waals surface area contributed by atoms with Crippen LogP contribution >= 0.6 is 34.8 Å². The summed E-state index contributed by atoms with van der Waals surface area (Å²) in [7, 11) is 0. The maximum atomic E-state index is 13.1. The van der Waals surface area contributed by atoms with Gasteiger partial charge in [-0.05, 0) is 18.2 Å². The van der Waals surface area contributed by atoms with Crippen LogP contribution in [0.3, 0.4) is 0 Å². The zero-order valence-corrected chi connectivity index (χ0v) is 13.4. The quantitative estimate of drug-likeness (QED) is 0.725. The first-order chi connectivity index (χ1) is 10.6. The van der Waals surface area contributed by atoms with E-state index in [1.807, 2.05) is 0 Å². The Morgan fingerprint density at radius 1 is 1.17 bits per heavy atom. The first-order valence-electron chi connectivity index (χ1n) is 6.03. The predicted molar refractivity (Wildman–Crippen MR) is 81.0 cm³/mol. The number of halogens is 6. The van der Waals surface area contributed by atoms with Crippen LogP contribution < -0.4 is 0 Å². The molecule has 2 aromatic rings. The van der Waals surface area contributed by atoms with Gasteiger partial charge in [0.15, 0.2) is 0 Å². The summed E-state index contributed by atoms with van der Waals surface area (Å²) in [5, 5.41) is 9.00. The van der Waals surface area contributed by atoms with Crippen LogP contribution in [0, 0.1) is 0 Å². The van der Waals surface area contributed by atoms with Gasteiger partial charge in [0, 0.05) is 17.3 Å². The van der Waals surface area contributed by atoms with Gasteiger partial charge in [-0.25, -0.2) is 0 Å². The second kappa shape index (κ2) is 6.55. The van der Waals surface area contributed by atoms with Gasteiger partial charge in [0.05, 0.1) is 32.7 Å². The number of hydrogen-bond donors (Lipinski definition) is 1. The van der Waals surface area contributed by atoms with Crippen LogP contribution in [0.4, 0.5) is 13.2 Å². The number of carbonyl (C=O) groups is 1. The number of rotatable bonds is 3. The molecule has 3 nitrogen and oxygen atoms in total. The summed E-state index contributed by atoms with van der Waals surface area (Å²) in [4.78, 5) is 14.8. The summed E-state index contributed by atoms with van der Waals surface area (Å²) in [6.07, 6.45) is -4.63. The lowest BCUT2D eigenvalue weighted by Gasteiger charge is -2.15. The van der Waals surface area contributed by atoms with Crippen LogP contribution in [-0.4, -0.2) is 16.1 Å². The number of aliphatic carboxylic acids is 1. The SMILES string of the molecule is O=C(O)Cc1c(C(F)(F)F)ccnc1-c1cc(Cl)c(Cl)c(Cl)c1. The molecule has 1 heterocycles. The minimum absolute atomic E-state index is 0.0228. The number of aromatic nitrogens is 1. The number of alkyl halides is 3. The first-order valence-corrected chi connectivity index (χ1v) is 7.16. The van der Waals surface area contributed by atoms with Crippen molar-refractivity contribution in [3.8, 4) is 11.3 Å². The number of carboxylic acid groups (broad SMARTS) is 1. The molecule has 0 amide bonds. The van der Waals surface area contributed by atoms with Crippen molar-refractivity contribution in [2.24, 2.45) is 0 Å². The predicted octanol–water partition coefficient (Wildman–Crippen LogP) is 5.35. The third-order valence-electron chi connectivity index (χ3n) is 2.95. The van der Waals surface area contributed by atoms with Gasteiger partial charge < -0.3 is 5.11 Å². The van der Waals surface area contributed by atoms with E-state index in [9.17, 15) is 18.0 Å². The van der Waals surface area contributed by atoms with Crippen LogP contribution in [0.2, 0.25) is 15.1 Å². The average Bonchev–Trinajstić information content (AvgIpc) is 2.42. The zero-order valence-electron chi connectivity index (χ0n) is 11.1. The third-order valence-corrected chi connectivity index (χ3v) is 4.14. The normalized spacial score (nSPS) is 11.6. The van der Waals surface area contributed by atoms with Crippen LogP contribution in [0.25, 0.3) is 11.3 Å². The van der Waals surface area contributed by atoms with Crippen molar-refractivity contribution in [3.63, 3.8) is 0 Å². The van der Waals surface area contributed by atoms with Crippen LogP contribution in [0.1, 0.15) is 11.1 Å². The number of carboxylic acids is 1. The van der Waals surface area contributed by atoms with Gasteiger partial charge in [0.2, 0.25) is 0 Å². The number of hydrogen-bond acceptors (Lipinski definition) is 2. The van der Waals surface area contributed by atoms with E-state index in [0.717, 1.165) is 12.3 Å². The molecule has 0 bridgehead atoms. The zero-order chi connectivity index (χ0) is 17.4. The monoisotopic (exact) mass is 383 g/mol. The topological polar surface area (TPSA) is 50.2 Å². The van der Waals surface area contributed by atoms with Gasteiger partial charge in [-0.3, -0.25) is 9.78 Å². The Bertz CT molecular complexity index is 755. The Balaban J connectivity index is 2.74. The lowest BCUT2D eigenvalue weighted by Crippen LogP contribution is -2.14. The molecular weight excluding hydrogens is 378 g/mol. The summed E-state index contributed by atoms with van der Waals surface area (Å²) >= 11 is 17.6. The summed E-state index contributed by atoms with van der Waals surface area (Å²) in [5.74, 6) is -1.42. The first kappa shape index (κ1) is 17.8. The van der Waals surface area contributed by atoms with Crippen LogP contribution in [0.5, 0.6) is 0 Å². The molecular formula is C14H7Cl3F3NO2. The minimum Gasteiger partial charge on any atom is -0.481 e. The lowest BCUT2D eigenvalue weighted by atomic mass is 9.98. The van der Waals surface area contributed by atoms with Crippen LogP contribution in [-0.2, 0) is 17.4 Å². The summed E-state index contributed by atoms with van der Waals surface area (Å²) < 4.78 is 39.4. The van der Waals surface area contributed by atoms with Crippen molar-refractivity contribution >= 4 is 40.8 Å². The van der Waals surface area contributed by atoms with Crippen molar-refractivity contribution in [2.75, 3.05) is 0 Å². The molecule has 1 N–H and O–H groups in total. The molecule has 9 heteroatoms. The fourth-order valence-corrected chi connectivity index (χ4v) is 2.63. The fraction of sp³-hybridized carbons (Fsp3) is 0.143. The molecule has 0 atom stereocenters. The van der Waals surface area contributed by atoms with Crippen molar-refractivity contribution < 1.29 is 23.1 Å². The van der Waals surface area contributed by atoms with Gasteiger partial charge in [0.25, 0.3) is 0 Å². The largest absolute Gasteiger partial charge is 0.481 e. The van der Waals surface area contributed by atoms with Gasteiger partial charge in [-0.15, -0.1) is 0 Å². The van der Waals surface area contributed by atoms with Gasteiger partial charge in [-0.2, -0.15) is 13.2 Å². The fourth-order valence-electron chi connectivity index (χ4n) is 2.03. The Labute approximate surface area is 143 Å². The second-order valence-electron chi connectivity index (χ2n) is 4.51. The van der Waals surface area contributed by atoms with Gasteiger partial charge >= 0.3 is 12.1 Å². The molecule has 23 heavy (non-hydrogen) atoms. The van der Waals surface area contributed by atoms with Crippen molar-refractivity contribution in [1.82, 2.24) is 4.98 Å². The molecule has 0 fully saturated rings.